The summed E-state index contributed by atoms with van der Waals surface area (Å²) in [4.78, 5) is 25.6. The summed E-state index contributed by atoms with van der Waals surface area (Å²) >= 11 is 0. The smallest absolute Gasteiger partial charge is 0.222 e. The highest BCUT2D eigenvalue weighted by Crippen LogP contribution is 2.28. The van der Waals surface area contributed by atoms with Crippen molar-refractivity contribution < 1.29 is 27.5 Å². The molecule has 1 atom stereocenters. The van der Waals surface area contributed by atoms with Crippen LogP contribution >= 0.6 is 0 Å². The highest BCUT2D eigenvalue weighted by molar-refractivity contribution is 7.91. The number of carbonyl (C=O) groups excluding carboxylic acids is 2. The van der Waals surface area contributed by atoms with Crippen LogP contribution in [0.4, 0.5) is 0 Å². The Hall–Kier alpha value is -2.29. The Kier molecular flexibility index (Phi) is 7.06. The maximum Gasteiger partial charge on any atom is 0.222 e. The molecule has 0 spiro atoms. The molecule has 1 aliphatic rings. The first kappa shape index (κ1) is 21.0. The molecule has 1 aliphatic heterocycles. The SMILES string of the molecule is COc1ccc(CN(CCC(=O)NC2CCS(=O)(=O)C2)C(C)=O)cc1OC. The van der Waals surface area contributed by atoms with E-state index in [2.05, 4.69) is 5.32 Å². The molecule has 2 rings (SSSR count). The van der Waals surface area contributed by atoms with E-state index < -0.39 is 9.84 Å². The number of nitrogens with zero attached hydrogens (tertiary/aromatic N) is 1. The second-order valence-corrected chi connectivity index (χ2v) is 8.78. The second-order valence-electron chi connectivity index (χ2n) is 6.55. The van der Waals surface area contributed by atoms with Gasteiger partial charge in [0.05, 0.1) is 25.7 Å². The fourth-order valence-corrected chi connectivity index (χ4v) is 4.67. The minimum absolute atomic E-state index is 0.0131. The number of methoxy groups -OCH3 is 2. The molecule has 8 nitrogen and oxygen atoms in total. The van der Waals surface area contributed by atoms with E-state index in [1.807, 2.05) is 6.07 Å². The van der Waals surface area contributed by atoms with Crippen molar-refractivity contribution in [2.24, 2.45) is 0 Å². The van der Waals surface area contributed by atoms with E-state index in [0.29, 0.717) is 24.5 Å². The molecule has 150 valence electrons. The maximum atomic E-state index is 12.1. The van der Waals surface area contributed by atoms with Crippen LogP contribution in [0, 0.1) is 0 Å². The fraction of sp³-hybridized carbons (Fsp3) is 0.556. The minimum Gasteiger partial charge on any atom is -0.493 e. The molecule has 1 heterocycles. The molecule has 0 aliphatic carbocycles. The van der Waals surface area contributed by atoms with Crippen LogP contribution in [-0.2, 0) is 26.0 Å². The van der Waals surface area contributed by atoms with Crippen molar-refractivity contribution in [3.63, 3.8) is 0 Å². The Morgan fingerprint density at radius 2 is 1.93 bits per heavy atom. The number of hydrogen-bond donors (Lipinski definition) is 1. The van der Waals surface area contributed by atoms with Gasteiger partial charge < -0.3 is 19.7 Å². The number of benzene rings is 1. The van der Waals surface area contributed by atoms with Crippen LogP contribution in [0.5, 0.6) is 11.5 Å². The fourth-order valence-electron chi connectivity index (χ4n) is 2.99. The number of hydrogen-bond acceptors (Lipinski definition) is 6. The summed E-state index contributed by atoms with van der Waals surface area (Å²) in [5.41, 5.74) is 0.852. The predicted molar refractivity (Wildman–Crippen MR) is 100 cm³/mol. The van der Waals surface area contributed by atoms with Crippen LogP contribution in [0.3, 0.4) is 0 Å². The third kappa shape index (κ3) is 6.13. The molecule has 0 saturated carbocycles. The standard InChI is InChI=1S/C18H26N2O6S/c1-13(21)20(11-14-4-5-16(25-2)17(10-14)26-3)8-6-18(22)19-15-7-9-27(23,24)12-15/h4-5,10,15H,6-9,11-12H2,1-3H3,(H,19,22). The van der Waals surface area contributed by atoms with E-state index >= 15 is 0 Å². The van der Waals surface area contributed by atoms with Gasteiger partial charge in [0.25, 0.3) is 0 Å². The van der Waals surface area contributed by atoms with Crippen molar-refractivity contribution in [2.75, 3.05) is 32.3 Å². The monoisotopic (exact) mass is 398 g/mol. The van der Waals surface area contributed by atoms with E-state index in [1.165, 1.54) is 14.0 Å². The quantitative estimate of drug-likeness (QED) is 0.693. The van der Waals surface area contributed by atoms with Gasteiger partial charge in [-0.05, 0) is 24.1 Å². The van der Waals surface area contributed by atoms with Gasteiger partial charge in [0, 0.05) is 32.5 Å². The first-order valence-electron chi connectivity index (χ1n) is 8.70. The van der Waals surface area contributed by atoms with Gasteiger partial charge in [0.15, 0.2) is 21.3 Å². The van der Waals surface area contributed by atoms with Crippen LogP contribution in [0.15, 0.2) is 18.2 Å². The highest BCUT2D eigenvalue weighted by Gasteiger charge is 2.28. The molecule has 9 heteroatoms. The number of rotatable bonds is 8. The summed E-state index contributed by atoms with van der Waals surface area (Å²) in [6.07, 6.45) is 0.555. The number of sulfone groups is 1. The third-order valence-electron chi connectivity index (χ3n) is 4.47. The second kappa shape index (κ2) is 9.07. The van der Waals surface area contributed by atoms with Crippen molar-refractivity contribution in [3.05, 3.63) is 23.8 Å². The van der Waals surface area contributed by atoms with Gasteiger partial charge in [-0.25, -0.2) is 8.42 Å². The van der Waals surface area contributed by atoms with Gasteiger partial charge >= 0.3 is 0 Å². The summed E-state index contributed by atoms with van der Waals surface area (Å²) < 4.78 is 33.4. The van der Waals surface area contributed by atoms with Crippen LogP contribution in [0.2, 0.25) is 0 Å². The number of nitrogens with one attached hydrogen (secondary N) is 1. The van der Waals surface area contributed by atoms with Gasteiger partial charge in [0.2, 0.25) is 11.8 Å². The minimum atomic E-state index is -3.04. The van der Waals surface area contributed by atoms with Crippen molar-refractivity contribution in [3.8, 4) is 11.5 Å². The topological polar surface area (TPSA) is 102 Å². The van der Waals surface area contributed by atoms with Crippen LogP contribution in [0.1, 0.15) is 25.3 Å². The Morgan fingerprint density at radius 3 is 2.48 bits per heavy atom. The lowest BCUT2D eigenvalue weighted by molar-refractivity contribution is -0.130. The molecule has 1 N–H and O–H groups in total. The van der Waals surface area contributed by atoms with Gasteiger partial charge in [-0.1, -0.05) is 6.07 Å². The zero-order chi connectivity index (χ0) is 20.0. The first-order chi connectivity index (χ1) is 12.7. The Bertz CT molecular complexity index is 793. The average Bonchev–Trinajstić information content (AvgIpc) is 2.96. The number of carbonyl (C=O) groups is 2. The molecule has 1 saturated heterocycles. The summed E-state index contributed by atoms with van der Waals surface area (Å²) in [6, 6.07) is 5.05. The summed E-state index contributed by atoms with van der Waals surface area (Å²) in [5, 5.41) is 2.73. The van der Waals surface area contributed by atoms with Gasteiger partial charge in [0.1, 0.15) is 0 Å². The molecular formula is C18H26N2O6S. The highest BCUT2D eigenvalue weighted by atomic mass is 32.2. The zero-order valence-corrected chi connectivity index (χ0v) is 16.7. The Morgan fingerprint density at radius 1 is 1.22 bits per heavy atom. The molecule has 27 heavy (non-hydrogen) atoms. The summed E-state index contributed by atoms with van der Waals surface area (Å²) in [7, 11) is 0.0486. The van der Waals surface area contributed by atoms with Crippen molar-refractivity contribution in [1.82, 2.24) is 10.2 Å². The van der Waals surface area contributed by atoms with E-state index in [-0.39, 0.29) is 42.3 Å². The maximum absolute atomic E-state index is 12.1. The van der Waals surface area contributed by atoms with Crippen molar-refractivity contribution in [1.29, 1.82) is 0 Å². The summed E-state index contributed by atoms with van der Waals surface area (Å²) in [5.74, 6) is 0.856. The zero-order valence-electron chi connectivity index (χ0n) is 15.9. The lowest BCUT2D eigenvalue weighted by Crippen LogP contribution is -2.38. The van der Waals surface area contributed by atoms with Gasteiger partial charge in [-0.15, -0.1) is 0 Å². The molecule has 1 fully saturated rings. The normalized spacial score (nSPS) is 18.0. The molecule has 1 aromatic carbocycles. The molecule has 1 unspecified atom stereocenters. The van der Waals surface area contributed by atoms with E-state index in [1.54, 1.807) is 24.1 Å². The molecular weight excluding hydrogens is 372 g/mol. The van der Waals surface area contributed by atoms with E-state index in [4.69, 9.17) is 9.47 Å². The number of ether oxygens (including phenoxy) is 2. The number of amides is 2. The van der Waals surface area contributed by atoms with Crippen molar-refractivity contribution >= 4 is 21.7 Å². The molecule has 2 amide bonds. The molecule has 0 radical (unpaired) electrons. The van der Waals surface area contributed by atoms with E-state index in [9.17, 15) is 18.0 Å². The average molecular weight is 398 g/mol. The lowest BCUT2D eigenvalue weighted by atomic mass is 10.1. The van der Waals surface area contributed by atoms with Crippen molar-refractivity contribution in [2.45, 2.75) is 32.4 Å². The third-order valence-corrected chi connectivity index (χ3v) is 6.24. The van der Waals surface area contributed by atoms with Gasteiger partial charge in [-0.2, -0.15) is 0 Å². The first-order valence-corrected chi connectivity index (χ1v) is 10.5. The molecule has 0 bridgehead atoms. The van der Waals surface area contributed by atoms with Crippen LogP contribution in [-0.4, -0.2) is 63.4 Å². The lowest BCUT2D eigenvalue weighted by Gasteiger charge is -2.22. The van der Waals surface area contributed by atoms with E-state index in [0.717, 1.165) is 5.56 Å². The Balaban J connectivity index is 1.92. The largest absolute Gasteiger partial charge is 0.493 e. The van der Waals surface area contributed by atoms with Crippen LogP contribution in [0.25, 0.3) is 0 Å². The predicted octanol–water partition coefficient (Wildman–Crippen LogP) is 0.746. The van der Waals surface area contributed by atoms with Crippen LogP contribution < -0.4 is 14.8 Å². The van der Waals surface area contributed by atoms with Gasteiger partial charge in [-0.3, -0.25) is 9.59 Å². The Labute approximate surface area is 159 Å². The molecule has 1 aromatic rings. The summed E-state index contributed by atoms with van der Waals surface area (Å²) in [6.45, 7) is 2.03. The molecule has 0 aromatic heterocycles.